The van der Waals surface area contributed by atoms with E-state index >= 15 is 0 Å². The monoisotopic (exact) mass is 426 g/mol. The van der Waals surface area contributed by atoms with Crippen LogP contribution < -0.4 is 20.3 Å². The lowest BCUT2D eigenvalue weighted by Gasteiger charge is -2.24. The van der Waals surface area contributed by atoms with Gasteiger partial charge in [-0.1, -0.05) is 12.1 Å². The molecule has 1 saturated heterocycles. The summed E-state index contributed by atoms with van der Waals surface area (Å²) in [6.07, 6.45) is -2.02. The number of benzene rings is 1. The van der Waals surface area contributed by atoms with Crippen LogP contribution >= 0.6 is 9.24 Å². The summed E-state index contributed by atoms with van der Waals surface area (Å²) >= 11 is 0. The van der Waals surface area contributed by atoms with Crippen LogP contribution in [0.1, 0.15) is 25.0 Å². The van der Waals surface area contributed by atoms with Crippen molar-refractivity contribution < 1.29 is 23.0 Å². The summed E-state index contributed by atoms with van der Waals surface area (Å²) in [6.45, 7) is 0.927. The molecule has 1 unspecified atom stereocenters. The van der Waals surface area contributed by atoms with E-state index in [0.29, 0.717) is 31.3 Å². The van der Waals surface area contributed by atoms with Gasteiger partial charge in [0.25, 0.3) is 0 Å². The minimum atomic E-state index is -4.64. The summed E-state index contributed by atoms with van der Waals surface area (Å²) in [5, 5.41) is 14.9. The second kappa shape index (κ2) is 7.70. The fourth-order valence-electron chi connectivity index (χ4n) is 3.24. The molecule has 0 radical (unpaired) electrons. The van der Waals surface area contributed by atoms with Gasteiger partial charge in [-0.05, 0) is 36.7 Å². The van der Waals surface area contributed by atoms with Crippen LogP contribution in [-0.2, 0) is 6.18 Å². The highest BCUT2D eigenvalue weighted by Gasteiger charge is 2.40. The van der Waals surface area contributed by atoms with Crippen molar-refractivity contribution in [1.29, 1.82) is 0 Å². The van der Waals surface area contributed by atoms with Crippen LogP contribution in [0.15, 0.2) is 30.3 Å². The highest BCUT2D eigenvalue weighted by Crippen LogP contribution is 2.34. The quantitative estimate of drug-likeness (QED) is 0.692. The van der Waals surface area contributed by atoms with Crippen molar-refractivity contribution in [2.45, 2.75) is 37.1 Å². The number of anilines is 1. The van der Waals surface area contributed by atoms with Gasteiger partial charge >= 0.3 is 6.18 Å². The minimum absolute atomic E-state index is 0.0980. The van der Waals surface area contributed by atoms with Crippen molar-refractivity contribution in [3.8, 4) is 11.6 Å². The molecule has 1 aromatic carbocycles. The molecule has 2 fully saturated rings. The van der Waals surface area contributed by atoms with E-state index in [1.165, 1.54) is 0 Å². The molecule has 156 valence electrons. The van der Waals surface area contributed by atoms with E-state index < -0.39 is 17.5 Å². The van der Waals surface area contributed by atoms with E-state index in [0.717, 1.165) is 24.2 Å². The number of halogens is 3. The van der Waals surface area contributed by atoms with Crippen LogP contribution in [0.2, 0.25) is 0 Å². The first-order valence-corrected chi connectivity index (χ1v) is 9.98. The van der Waals surface area contributed by atoms with E-state index in [-0.39, 0.29) is 18.4 Å². The van der Waals surface area contributed by atoms with Crippen LogP contribution in [0.3, 0.4) is 0 Å². The number of nitrogens with zero attached hydrogens (tertiary/aromatic N) is 3. The predicted molar refractivity (Wildman–Crippen MR) is 106 cm³/mol. The Kier molecular flexibility index (Phi) is 5.40. The smallest absolute Gasteiger partial charge is 0.433 e. The van der Waals surface area contributed by atoms with E-state index in [1.807, 2.05) is 6.07 Å². The molecule has 1 aliphatic heterocycles. The lowest BCUT2D eigenvalue weighted by atomic mass is 10.0. The zero-order chi connectivity index (χ0) is 20.6. The van der Waals surface area contributed by atoms with Crippen LogP contribution in [0.4, 0.5) is 19.1 Å². The third-order valence-electron chi connectivity index (χ3n) is 4.97. The molecule has 2 heterocycles. The molecular formula is C19H22F3N4O2P. The number of ether oxygens (including phenoxy) is 1. The third kappa shape index (κ3) is 5.15. The minimum Gasteiger partial charge on any atom is -0.439 e. The number of β-amino-alcohol motifs (C(OH)–C–C–N with tert-alkyl or cyclic N) is 1. The Labute approximate surface area is 168 Å². The van der Waals surface area contributed by atoms with Gasteiger partial charge in [0, 0.05) is 25.2 Å². The largest absolute Gasteiger partial charge is 0.439 e. The van der Waals surface area contributed by atoms with Gasteiger partial charge in [-0.25, -0.2) is 4.98 Å². The number of hydrogen-bond acceptors (Lipinski definition) is 6. The standard InChI is InChI=1S/C19H22F3N4O2P/c20-19(21,22)15-9-16(28-13-2-1-3-14(29)8-13)25-17(24-15)26-7-6-18(27,11-26)10-23-12-4-5-12/h1-3,8-9,12,23,27H,4-7,10-11,29H2/t18-/m1/s1. The molecule has 2 aromatic rings. The zero-order valence-electron chi connectivity index (χ0n) is 15.6. The van der Waals surface area contributed by atoms with Gasteiger partial charge in [-0.15, -0.1) is 9.24 Å². The summed E-state index contributed by atoms with van der Waals surface area (Å²) in [5.41, 5.74) is -2.10. The lowest BCUT2D eigenvalue weighted by Crippen LogP contribution is -2.44. The zero-order valence-corrected chi connectivity index (χ0v) is 16.8. The number of alkyl halides is 3. The summed E-state index contributed by atoms with van der Waals surface area (Å²) in [6, 6.07) is 8.10. The lowest BCUT2D eigenvalue weighted by molar-refractivity contribution is -0.141. The second-order valence-electron chi connectivity index (χ2n) is 7.61. The van der Waals surface area contributed by atoms with Crippen LogP contribution in [0, 0.1) is 0 Å². The molecule has 0 amide bonds. The Bertz CT molecular complexity index is 894. The molecule has 29 heavy (non-hydrogen) atoms. The average Bonchev–Trinajstić information content (AvgIpc) is 3.40. The van der Waals surface area contributed by atoms with E-state index in [1.54, 1.807) is 23.1 Å². The van der Waals surface area contributed by atoms with Crippen LogP contribution in [0.5, 0.6) is 11.6 Å². The van der Waals surface area contributed by atoms with Gasteiger partial charge in [0.1, 0.15) is 5.75 Å². The van der Waals surface area contributed by atoms with Crippen LogP contribution in [-0.4, -0.2) is 46.4 Å². The van der Waals surface area contributed by atoms with Gasteiger partial charge in [-0.3, -0.25) is 0 Å². The maximum absolute atomic E-state index is 13.4. The van der Waals surface area contributed by atoms with Crippen molar-refractivity contribution >= 4 is 20.5 Å². The Morgan fingerprint density at radius 3 is 2.76 bits per heavy atom. The molecule has 2 aliphatic rings. The molecule has 4 rings (SSSR count). The number of aromatic nitrogens is 2. The first-order valence-electron chi connectivity index (χ1n) is 9.41. The summed E-state index contributed by atoms with van der Waals surface area (Å²) in [5.74, 6) is 0.0884. The number of aliphatic hydroxyl groups is 1. The van der Waals surface area contributed by atoms with Gasteiger partial charge in [0.05, 0.1) is 12.1 Å². The highest BCUT2D eigenvalue weighted by atomic mass is 31.0. The molecule has 1 saturated carbocycles. The maximum Gasteiger partial charge on any atom is 0.433 e. The fourth-order valence-corrected chi connectivity index (χ4v) is 3.52. The molecular weight excluding hydrogens is 404 g/mol. The molecule has 1 aliphatic carbocycles. The SMILES string of the molecule is O[C@@]1(CNC2CC2)CCN(c2nc(Oc3cccc(P)c3)cc(C(F)(F)F)n2)C1. The van der Waals surface area contributed by atoms with E-state index in [4.69, 9.17) is 4.74 Å². The Hall–Kier alpha value is -1.96. The number of hydrogen-bond donors (Lipinski definition) is 2. The maximum atomic E-state index is 13.4. The molecule has 0 bridgehead atoms. The summed E-state index contributed by atoms with van der Waals surface area (Å²) < 4.78 is 45.7. The van der Waals surface area contributed by atoms with Gasteiger partial charge < -0.3 is 20.1 Å². The van der Waals surface area contributed by atoms with E-state index in [9.17, 15) is 18.3 Å². The molecule has 2 N–H and O–H groups in total. The molecule has 1 aromatic heterocycles. The summed E-state index contributed by atoms with van der Waals surface area (Å²) in [7, 11) is 2.50. The third-order valence-corrected chi connectivity index (χ3v) is 5.33. The Balaban J connectivity index is 1.57. The molecule has 6 nitrogen and oxygen atoms in total. The topological polar surface area (TPSA) is 70.5 Å². The predicted octanol–water partition coefficient (Wildman–Crippen LogP) is 2.48. The van der Waals surface area contributed by atoms with Crippen molar-refractivity contribution in [2.24, 2.45) is 0 Å². The van der Waals surface area contributed by atoms with Gasteiger partial charge in [0.2, 0.25) is 11.8 Å². The first-order chi connectivity index (χ1) is 13.7. The van der Waals surface area contributed by atoms with Crippen LogP contribution in [0.25, 0.3) is 0 Å². The van der Waals surface area contributed by atoms with Crippen molar-refractivity contribution in [3.05, 3.63) is 36.0 Å². The second-order valence-corrected chi connectivity index (χ2v) is 8.28. The van der Waals surface area contributed by atoms with Crippen molar-refractivity contribution in [3.63, 3.8) is 0 Å². The molecule has 0 spiro atoms. The number of rotatable bonds is 6. The fraction of sp³-hybridized carbons (Fsp3) is 0.474. The van der Waals surface area contributed by atoms with Gasteiger partial charge in [-0.2, -0.15) is 18.2 Å². The van der Waals surface area contributed by atoms with Gasteiger partial charge in [0.15, 0.2) is 5.69 Å². The first kappa shape index (κ1) is 20.3. The molecule has 10 heteroatoms. The van der Waals surface area contributed by atoms with E-state index in [2.05, 4.69) is 24.5 Å². The normalized spacial score (nSPS) is 22.2. The number of nitrogens with one attached hydrogen (secondary N) is 1. The molecule has 2 atom stereocenters. The van der Waals surface area contributed by atoms with Crippen molar-refractivity contribution in [1.82, 2.24) is 15.3 Å². The Morgan fingerprint density at radius 2 is 2.07 bits per heavy atom. The average molecular weight is 426 g/mol. The Morgan fingerprint density at radius 1 is 1.28 bits per heavy atom. The van der Waals surface area contributed by atoms with Crippen molar-refractivity contribution in [2.75, 3.05) is 24.5 Å². The summed E-state index contributed by atoms with van der Waals surface area (Å²) in [4.78, 5) is 9.45. The highest BCUT2D eigenvalue weighted by molar-refractivity contribution is 7.27.